The molecule has 6 nitrogen and oxygen atoms in total. The van der Waals surface area contributed by atoms with Crippen LogP contribution in [0.15, 0.2) is 43.0 Å². The van der Waals surface area contributed by atoms with E-state index in [1.165, 1.54) is 24.8 Å². The summed E-state index contributed by atoms with van der Waals surface area (Å²) in [7, 11) is 0. The van der Waals surface area contributed by atoms with Gasteiger partial charge in [-0.3, -0.25) is 9.59 Å². The average Bonchev–Trinajstić information content (AvgIpc) is 2.73. The van der Waals surface area contributed by atoms with Crippen LogP contribution in [0.25, 0.3) is 0 Å². The summed E-state index contributed by atoms with van der Waals surface area (Å²) in [6.45, 7) is 1.76. The lowest BCUT2D eigenvalue weighted by atomic mass is 9.63. The van der Waals surface area contributed by atoms with E-state index < -0.39 is 5.41 Å². The first kappa shape index (κ1) is 19.5. The first-order valence-corrected chi connectivity index (χ1v) is 10.2. The molecule has 1 aliphatic carbocycles. The summed E-state index contributed by atoms with van der Waals surface area (Å²) in [5.41, 5.74) is 0.220. The van der Waals surface area contributed by atoms with Crippen LogP contribution in [0.1, 0.15) is 48.0 Å². The van der Waals surface area contributed by atoms with Crippen molar-refractivity contribution in [3.63, 3.8) is 0 Å². The van der Waals surface area contributed by atoms with Crippen LogP contribution in [0.2, 0.25) is 0 Å². The van der Waals surface area contributed by atoms with Gasteiger partial charge in [0.25, 0.3) is 5.91 Å². The summed E-state index contributed by atoms with van der Waals surface area (Å²) in [6.07, 6.45) is 8.49. The van der Waals surface area contributed by atoms with E-state index in [4.69, 9.17) is 0 Å². The van der Waals surface area contributed by atoms with Crippen LogP contribution in [0.3, 0.4) is 0 Å². The van der Waals surface area contributed by atoms with Gasteiger partial charge in [-0.2, -0.15) is 0 Å². The molecule has 2 amide bonds. The van der Waals surface area contributed by atoms with Gasteiger partial charge in [-0.05, 0) is 37.7 Å². The van der Waals surface area contributed by atoms with Crippen molar-refractivity contribution in [2.75, 3.05) is 19.6 Å². The summed E-state index contributed by atoms with van der Waals surface area (Å²) in [5.74, 6) is -0.303. The van der Waals surface area contributed by atoms with Gasteiger partial charge in [0.15, 0.2) is 0 Å². The third-order valence-corrected chi connectivity index (χ3v) is 6.19. The third-order valence-electron chi connectivity index (χ3n) is 6.19. The highest BCUT2D eigenvalue weighted by molar-refractivity contribution is 5.93. The molecule has 29 heavy (non-hydrogen) atoms. The Bertz CT molecular complexity index is 885. The lowest BCUT2D eigenvalue weighted by molar-refractivity contribution is -0.143. The van der Waals surface area contributed by atoms with Crippen molar-refractivity contribution in [3.8, 4) is 0 Å². The number of piperidine rings is 1. The number of rotatable bonds is 5. The molecular weight excluding hydrogens is 371 g/mol. The number of hydrogen-bond donors (Lipinski definition) is 1. The van der Waals surface area contributed by atoms with Crippen LogP contribution >= 0.6 is 0 Å². The van der Waals surface area contributed by atoms with E-state index in [1.807, 2.05) is 4.90 Å². The molecule has 1 saturated heterocycles. The van der Waals surface area contributed by atoms with Gasteiger partial charge in [0.2, 0.25) is 5.91 Å². The molecule has 2 fully saturated rings. The predicted octanol–water partition coefficient (Wildman–Crippen LogP) is 2.71. The van der Waals surface area contributed by atoms with E-state index >= 15 is 0 Å². The minimum Gasteiger partial charge on any atom is -0.352 e. The molecule has 1 N–H and O–H groups in total. The Morgan fingerprint density at radius 1 is 1.17 bits per heavy atom. The van der Waals surface area contributed by atoms with Gasteiger partial charge in [0.1, 0.15) is 12.1 Å². The largest absolute Gasteiger partial charge is 0.352 e. The van der Waals surface area contributed by atoms with Crippen molar-refractivity contribution in [1.82, 2.24) is 20.2 Å². The second-order valence-electron chi connectivity index (χ2n) is 8.01. The average molecular weight is 396 g/mol. The van der Waals surface area contributed by atoms with E-state index in [2.05, 4.69) is 15.3 Å². The van der Waals surface area contributed by atoms with Gasteiger partial charge in [-0.25, -0.2) is 14.4 Å². The number of aromatic nitrogens is 2. The van der Waals surface area contributed by atoms with Crippen molar-refractivity contribution in [2.24, 2.45) is 5.92 Å². The van der Waals surface area contributed by atoms with Crippen molar-refractivity contribution < 1.29 is 14.0 Å². The Morgan fingerprint density at radius 2 is 1.93 bits per heavy atom. The van der Waals surface area contributed by atoms with Gasteiger partial charge >= 0.3 is 0 Å². The van der Waals surface area contributed by atoms with Crippen LogP contribution in [0.4, 0.5) is 4.39 Å². The van der Waals surface area contributed by atoms with Crippen LogP contribution < -0.4 is 5.32 Å². The molecule has 1 aliphatic heterocycles. The number of nitrogens with zero attached hydrogens (tertiary/aromatic N) is 3. The first-order valence-electron chi connectivity index (χ1n) is 10.2. The zero-order valence-electron chi connectivity index (χ0n) is 16.3. The third kappa shape index (κ3) is 3.86. The molecule has 2 aliphatic rings. The fourth-order valence-electron chi connectivity index (χ4n) is 4.45. The maximum atomic E-state index is 14.5. The van der Waals surface area contributed by atoms with Gasteiger partial charge in [-0.15, -0.1) is 0 Å². The molecule has 2 aromatic rings. The van der Waals surface area contributed by atoms with Crippen LogP contribution in [-0.2, 0) is 10.2 Å². The molecule has 4 rings (SSSR count). The van der Waals surface area contributed by atoms with Crippen molar-refractivity contribution in [3.05, 3.63) is 59.9 Å². The van der Waals surface area contributed by atoms with Crippen LogP contribution in [-0.4, -0.2) is 46.3 Å². The van der Waals surface area contributed by atoms with Gasteiger partial charge in [0.05, 0.1) is 11.0 Å². The summed E-state index contributed by atoms with van der Waals surface area (Å²) < 4.78 is 14.5. The van der Waals surface area contributed by atoms with Crippen LogP contribution in [0.5, 0.6) is 0 Å². The van der Waals surface area contributed by atoms with Crippen molar-refractivity contribution in [1.29, 1.82) is 0 Å². The smallest absolute Gasteiger partial charge is 0.254 e. The zero-order valence-corrected chi connectivity index (χ0v) is 16.3. The predicted molar refractivity (Wildman–Crippen MR) is 106 cm³/mol. The lowest BCUT2D eigenvalue weighted by Crippen LogP contribution is -2.54. The molecule has 0 bridgehead atoms. The standard InChI is InChI=1S/C22H25FN4O2/c23-19-7-2-1-6-18(19)22(8-4-9-22)21(29)27-10-3-5-16(14-27)11-26-20(28)17-12-24-15-25-13-17/h1-2,6-7,12-13,15-16H,3-5,8-11,14H2,(H,26,28). The zero-order chi connectivity index (χ0) is 20.3. The molecule has 1 unspecified atom stereocenters. The summed E-state index contributed by atoms with van der Waals surface area (Å²) in [6, 6.07) is 6.64. The minimum absolute atomic E-state index is 0.0290. The van der Waals surface area contributed by atoms with Crippen LogP contribution in [0, 0.1) is 11.7 Å². The Balaban J connectivity index is 1.41. The highest BCUT2D eigenvalue weighted by atomic mass is 19.1. The van der Waals surface area contributed by atoms with Crippen molar-refractivity contribution in [2.45, 2.75) is 37.5 Å². The molecule has 2 heterocycles. The maximum absolute atomic E-state index is 14.5. The fourth-order valence-corrected chi connectivity index (χ4v) is 4.45. The summed E-state index contributed by atoms with van der Waals surface area (Å²) in [4.78, 5) is 35.2. The number of likely N-dealkylation sites (tertiary alicyclic amines) is 1. The van der Waals surface area contributed by atoms with Gasteiger partial charge < -0.3 is 10.2 Å². The Hall–Kier alpha value is -2.83. The SMILES string of the molecule is O=C(NCC1CCCN(C(=O)C2(c3ccccc3F)CCC2)C1)c1cncnc1. The Morgan fingerprint density at radius 3 is 2.62 bits per heavy atom. The topological polar surface area (TPSA) is 75.2 Å². The quantitative estimate of drug-likeness (QED) is 0.843. The highest BCUT2D eigenvalue weighted by Gasteiger charge is 2.49. The number of amides is 2. The fraction of sp³-hybridized carbons (Fsp3) is 0.455. The first-order chi connectivity index (χ1) is 14.1. The molecule has 1 atom stereocenters. The Kier molecular flexibility index (Phi) is 5.56. The molecule has 0 spiro atoms. The molecule has 0 radical (unpaired) electrons. The number of carbonyl (C=O) groups excluding carboxylic acids is 2. The number of carbonyl (C=O) groups is 2. The summed E-state index contributed by atoms with van der Waals surface area (Å²) >= 11 is 0. The van der Waals surface area contributed by atoms with Crippen molar-refractivity contribution >= 4 is 11.8 Å². The summed E-state index contributed by atoms with van der Waals surface area (Å²) in [5, 5.41) is 2.92. The normalized spacial score (nSPS) is 20.6. The number of hydrogen-bond acceptors (Lipinski definition) is 4. The highest BCUT2D eigenvalue weighted by Crippen LogP contribution is 2.46. The monoisotopic (exact) mass is 396 g/mol. The molecule has 7 heteroatoms. The number of nitrogens with one attached hydrogen (secondary N) is 1. The Labute approximate surface area is 169 Å². The van der Waals surface area contributed by atoms with E-state index in [-0.39, 0.29) is 23.5 Å². The number of halogens is 1. The second kappa shape index (κ2) is 8.27. The number of benzene rings is 1. The van der Waals surface area contributed by atoms with E-state index in [0.717, 1.165) is 19.3 Å². The molecular formula is C22H25FN4O2. The molecule has 1 aromatic carbocycles. The molecule has 1 aromatic heterocycles. The van der Waals surface area contributed by atoms with Gasteiger partial charge in [-0.1, -0.05) is 24.6 Å². The lowest BCUT2D eigenvalue weighted by Gasteiger charge is -2.46. The maximum Gasteiger partial charge on any atom is 0.254 e. The van der Waals surface area contributed by atoms with E-state index in [1.54, 1.807) is 18.2 Å². The molecule has 152 valence electrons. The van der Waals surface area contributed by atoms with E-state index in [9.17, 15) is 14.0 Å². The van der Waals surface area contributed by atoms with Gasteiger partial charge in [0, 0.05) is 37.6 Å². The second-order valence-corrected chi connectivity index (χ2v) is 8.01. The molecule has 1 saturated carbocycles. The minimum atomic E-state index is -0.724. The van der Waals surface area contributed by atoms with E-state index in [0.29, 0.717) is 43.6 Å².